The van der Waals surface area contributed by atoms with Gasteiger partial charge in [-0.2, -0.15) is 0 Å². The molecule has 0 bridgehead atoms. The van der Waals surface area contributed by atoms with Gasteiger partial charge >= 0.3 is 0 Å². The topological polar surface area (TPSA) is 70.1 Å². The SMILES string of the molecule is CCNc1ncnc(NC(C)(C)C(C)O)c1C. The van der Waals surface area contributed by atoms with E-state index in [4.69, 9.17) is 0 Å². The van der Waals surface area contributed by atoms with Crippen LogP contribution in [0.2, 0.25) is 0 Å². The van der Waals surface area contributed by atoms with E-state index in [2.05, 4.69) is 20.6 Å². The fraction of sp³-hybridized carbons (Fsp3) is 0.667. The molecule has 1 aromatic rings. The lowest BCUT2D eigenvalue weighted by atomic mass is 9.98. The number of aliphatic hydroxyl groups is 1. The second-order valence-corrected chi connectivity index (χ2v) is 4.75. The standard InChI is InChI=1S/C12H22N4O/c1-6-13-10-8(2)11(15-7-14-10)16-12(4,5)9(3)17/h7,9,17H,6H2,1-5H3,(H2,13,14,15,16). The van der Waals surface area contributed by atoms with E-state index in [1.54, 1.807) is 6.92 Å². The molecule has 17 heavy (non-hydrogen) atoms. The molecule has 5 heteroatoms. The quantitative estimate of drug-likeness (QED) is 0.729. The van der Waals surface area contributed by atoms with Crippen LogP contribution in [-0.4, -0.2) is 33.3 Å². The molecule has 0 saturated heterocycles. The average Bonchev–Trinajstić information content (AvgIpc) is 2.24. The van der Waals surface area contributed by atoms with Gasteiger partial charge < -0.3 is 15.7 Å². The molecule has 96 valence electrons. The molecule has 0 saturated carbocycles. The molecule has 1 atom stereocenters. The molecule has 1 unspecified atom stereocenters. The first-order chi connectivity index (χ1) is 7.88. The third kappa shape index (κ3) is 3.30. The Labute approximate surface area is 103 Å². The number of nitrogens with one attached hydrogen (secondary N) is 2. The summed E-state index contributed by atoms with van der Waals surface area (Å²) in [5.41, 5.74) is 0.533. The first-order valence-electron chi connectivity index (χ1n) is 5.90. The first-order valence-corrected chi connectivity index (χ1v) is 5.90. The first kappa shape index (κ1) is 13.7. The zero-order valence-corrected chi connectivity index (χ0v) is 11.2. The summed E-state index contributed by atoms with van der Waals surface area (Å²) in [7, 11) is 0. The van der Waals surface area contributed by atoms with E-state index in [9.17, 15) is 5.11 Å². The van der Waals surface area contributed by atoms with E-state index in [-0.39, 0.29) is 0 Å². The van der Waals surface area contributed by atoms with Crippen molar-refractivity contribution in [3.05, 3.63) is 11.9 Å². The molecular weight excluding hydrogens is 216 g/mol. The Balaban J connectivity index is 2.96. The van der Waals surface area contributed by atoms with Crippen LogP contribution >= 0.6 is 0 Å². The van der Waals surface area contributed by atoms with Crippen LogP contribution in [0.15, 0.2) is 6.33 Å². The minimum atomic E-state index is -0.473. The molecule has 1 heterocycles. The molecule has 0 fully saturated rings. The minimum Gasteiger partial charge on any atom is -0.391 e. The summed E-state index contributed by atoms with van der Waals surface area (Å²) in [6.45, 7) is 10.4. The monoisotopic (exact) mass is 238 g/mol. The molecular formula is C12H22N4O. The van der Waals surface area contributed by atoms with Crippen LogP contribution in [0.1, 0.15) is 33.3 Å². The number of hydrogen-bond donors (Lipinski definition) is 3. The molecule has 0 amide bonds. The van der Waals surface area contributed by atoms with Crippen LogP contribution in [0.3, 0.4) is 0 Å². The zero-order valence-electron chi connectivity index (χ0n) is 11.2. The predicted octanol–water partition coefficient (Wildman–Crippen LogP) is 1.79. The number of hydrogen-bond acceptors (Lipinski definition) is 5. The highest BCUT2D eigenvalue weighted by Gasteiger charge is 2.25. The Kier molecular flexibility index (Phi) is 4.28. The fourth-order valence-corrected chi connectivity index (χ4v) is 1.33. The van der Waals surface area contributed by atoms with Crippen molar-refractivity contribution in [1.82, 2.24) is 9.97 Å². The Morgan fingerprint density at radius 1 is 1.35 bits per heavy atom. The Bertz CT molecular complexity index is 377. The molecule has 0 spiro atoms. The van der Waals surface area contributed by atoms with Gasteiger partial charge in [-0.15, -0.1) is 0 Å². The van der Waals surface area contributed by atoms with Crippen molar-refractivity contribution in [3.63, 3.8) is 0 Å². The second kappa shape index (κ2) is 5.31. The maximum absolute atomic E-state index is 9.68. The molecule has 5 nitrogen and oxygen atoms in total. The second-order valence-electron chi connectivity index (χ2n) is 4.75. The van der Waals surface area contributed by atoms with Crippen molar-refractivity contribution in [2.24, 2.45) is 0 Å². The average molecular weight is 238 g/mol. The number of rotatable bonds is 5. The van der Waals surface area contributed by atoms with Gasteiger partial charge in [-0.1, -0.05) is 0 Å². The van der Waals surface area contributed by atoms with E-state index in [1.807, 2.05) is 27.7 Å². The molecule has 0 aliphatic carbocycles. The van der Waals surface area contributed by atoms with Crippen LogP contribution in [0.25, 0.3) is 0 Å². The minimum absolute atomic E-state index is 0.428. The lowest BCUT2D eigenvalue weighted by Crippen LogP contribution is -2.42. The van der Waals surface area contributed by atoms with Crippen molar-refractivity contribution in [2.45, 2.75) is 46.3 Å². The summed E-state index contributed by atoms with van der Waals surface area (Å²) in [5, 5.41) is 16.1. The van der Waals surface area contributed by atoms with Gasteiger partial charge in [-0.3, -0.25) is 0 Å². The number of anilines is 2. The Hall–Kier alpha value is -1.36. The van der Waals surface area contributed by atoms with E-state index < -0.39 is 11.6 Å². The van der Waals surface area contributed by atoms with Crippen molar-refractivity contribution in [1.29, 1.82) is 0 Å². The smallest absolute Gasteiger partial charge is 0.134 e. The summed E-state index contributed by atoms with van der Waals surface area (Å²) in [6.07, 6.45) is 1.05. The summed E-state index contributed by atoms with van der Waals surface area (Å²) in [4.78, 5) is 8.39. The highest BCUT2D eigenvalue weighted by atomic mass is 16.3. The van der Waals surface area contributed by atoms with Crippen LogP contribution in [-0.2, 0) is 0 Å². The maximum Gasteiger partial charge on any atom is 0.134 e. The van der Waals surface area contributed by atoms with E-state index in [0.717, 1.165) is 23.7 Å². The number of nitrogens with zero attached hydrogens (tertiary/aromatic N) is 2. The number of aromatic nitrogens is 2. The van der Waals surface area contributed by atoms with Crippen molar-refractivity contribution >= 4 is 11.6 Å². The zero-order chi connectivity index (χ0) is 13.1. The van der Waals surface area contributed by atoms with Gasteiger partial charge in [0.25, 0.3) is 0 Å². The molecule has 0 aromatic carbocycles. The van der Waals surface area contributed by atoms with Gasteiger partial charge in [0.15, 0.2) is 0 Å². The normalized spacial score (nSPS) is 13.3. The van der Waals surface area contributed by atoms with Crippen LogP contribution in [0.5, 0.6) is 0 Å². The van der Waals surface area contributed by atoms with Crippen molar-refractivity contribution in [2.75, 3.05) is 17.2 Å². The summed E-state index contributed by atoms with van der Waals surface area (Å²) < 4.78 is 0. The van der Waals surface area contributed by atoms with Gasteiger partial charge in [-0.25, -0.2) is 9.97 Å². The maximum atomic E-state index is 9.68. The van der Waals surface area contributed by atoms with E-state index in [0.29, 0.717) is 0 Å². The Morgan fingerprint density at radius 2 is 1.94 bits per heavy atom. The molecule has 0 aliphatic rings. The highest BCUT2D eigenvalue weighted by molar-refractivity contribution is 5.57. The van der Waals surface area contributed by atoms with Crippen molar-refractivity contribution < 1.29 is 5.11 Å². The molecule has 0 radical (unpaired) electrons. The lowest BCUT2D eigenvalue weighted by molar-refractivity contribution is 0.133. The molecule has 1 rings (SSSR count). The third-order valence-corrected chi connectivity index (χ3v) is 2.91. The molecule has 3 N–H and O–H groups in total. The highest BCUT2D eigenvalue weighted by Crippen LogP contribution is 2.23. The fourth-order valence-electron chi connectivity index (χ4n) is 1.33. The Morgan fingerprint density at radius 3 is 2.47 bits per heavy atom. The lowest BCUT2D eigenvalue weighted by Gasteiger charge is -2.30. The van der Waals surface area contributed by atoms with E-state index in [1.165, 1.54) is 6.33 Å². The van der Waals surface area contributed by atoms with Gasteiger partial charge in [0, 0.05) is 12.1 Å². The summed E-state index contributed by atoms with van der Waals surface area (Å²) in [6, 6.07) is 0. The largest absolute Gasteiger partial charge is 0.391 e. The molecule has 0 aliphatic heterocycles. The predicted molar refractivity (Wildman–Crippen MR) is 70.3 cm³/mol. The van der Waals surface area contributed by atoms with Crippen LogP contribution < -0.4 is 10.6 Å². The summed E-state index contributed by atoms with van der Waals surface area (Å²) in [5.74, 6) is 1.58. The third-order valence-electron chi connectivity index (χ3n) is 2.91. The van der Waals surface area contributed by atoms with Crippen molar-refractivity contribution in [3.8, 4) is 0 Å². The van der Waals surface area contributed by atoms with Gasteiger partial charge in [0.1, 0.15) is 18.0 Å². The van der Waals surface area contributed by atoms with Gasteiger partial charge in [0.2, 0.25) is 0 Å². The number of aliphatic hydroxyl groups excluding tert-OH is 1. The van der Waals surface area contributed by atoms with Gasteiger partial charge in [0.05, 0.1) is 11.6 Å². The van der Waals surface area contributed by atoms with E-state index >= 15 is 0 Å². The van der Waals surface area contributed by atoms with Crippen LogP contribution in [0.4, 0.5) is 11.6 Å². The summed E-state index contributed by atoms with van der Waals surface area (Å²) >= 11 is 0. The van der Waals surface area contributed by atoms with Gasteiger partial charge in [-0.05, 0) is 34.6 Å². The molecule has 1 aromatic heterocycles. The van der Waals surface area contributed by atoms with Crippen LogP contribution in [0, 0.1) is 6.92 Å².